The Kier molecular flexibility index (Phi) is 4.65. The van der Waals surface area contributed by atoms with Gasteiger partial charge >= 0.3 is 0 Å². The summed E-state index contributed by atoms with van der Waals surface area (Å²) in [6.07, 6.45) is 5.09. The van der Waals surface area contributed by atoms with Gasteiger partial charge in [0.15, 0.2) is 0 Å². The molecule has 1 aromatic rings. The van der Waals surface area contributed by atoms with Gasteiger partial charge in [-0.1, -0.05) is 31.4 Å². The summed E-state index contributed by atoms with van der Waals surface area (Å²) < 4.78 is 0. The average molecular weight is 276 g/mol. The van der Waals surface area contributed by atoms with Crippen LogP contribution in [0.3, 0.4) is 0 Å². The molecule has 20 heavy (non-hydrogen) atoms. The highest BCUT2D eigenvalue weighted by Crippen LogP contribution is 2.36. The lowest BCUT2D eigenvalue weighted by atomic mass is 9.73. The summed E-state index contributed by atoms with van der Waals surface area (Å²) in [6.45, 7) is 2.34. The van der Waals surface area contributed by atoms with Crippen molar-refractivity contribution in [1.82, 2.24) is 5.32 Å². The highest BCUT2D eigenvalue weighted by atomic mass is 16.3. The number of carbonyl (C=O) groups excluding carboxylic acids is 1. The zero-order valence-electron chi connectivity index (χ0n) is 12.1. The Labute approximate surface area is 120 Å². The number of carbonyl (C=O) groups is 1. The van der Waals surface area contributed by atoms with Gasteiger partial charge in [-0.05, 0) is 37.5 Å². The molecule has 0 aliphatic heterocycles. The van der Waals surface area contributed by atoms with Crippen LogP contribution in [0.2, 0.25) is 0 Å². The Morgan fingerprint density at radius 3 is 2.70 bits per heavy atom. The van der Waals surface area contributed by atoms with E-state index in [9.17, 15) is 9.90 Å². The third-order valence-corrected chi connectivity index (χ3v) is 4.40. The molecule has 4 N–H and O–H groups in total. The van der Waals surface area contributed by atoms with Crippen LogP contribution in [0.25, 0.3) is 0 Å². The van der Waals surface area contributed by atoms with Crippen molar-refractivity contribution >= 4 is 5.91 Å². The molecule has 1 amide bonds. The van der Waals surface area contributed by atoms with E-state index >= 15 is 0 Å². The third kappa shape index (κ3) is 3.12. The Bertz CT molecular complexity index is 467. The van der Waals surface area contributed by atoms with Gasteiger partial charge in [0.25, 0.3) is 0 Å². The number of phenols is 1. The van der Waals surface area contributed by atoms with Crippen molar-refractivity contribution in [2.75, 3.05) is 6.54 Å². The maximum atomic E-state index is 12.6. The number of phenolic OH excluding ortho intramolecular Hbond substituents is 1. The molecule has 2 rings (SSSR count). The molecule has 1 aromatic carbocycles. The molecule has 4 heteroatoms. The lowest BCUT2D eigenvalue weighted by molar-refractivity contribution is -0.133. The second kappa shape index (κ2) is 6.27. The first-order chi connectivity index (χ1) is 9.57. The minimum Gasteiger partial charge on any atom is -0.508 e. The van der Waals surface area contributed by atoms with E-state index in [0.29, 0.717) is 6.54 Å². The Hall–Kier alpha value is -1.55. The molecule has 0 spiro atoms. The van der Waals surface area contributed by atoms with Crippen molar-refractivity contribution in [3.8, 4) is 5.75 Å². The van der Waals surface area contributed by atoms with Crippen LogP contribution in [0.15, 0.2) is 24.3 Å². The number of hydrogen-bond acceptors (Lipinski definition) is 3. The van der Waals surface area contributed by atoms with Gasteiger partial charge in [-0.2, -0.15) is 0 Å². The van der Waals surface area contributed by atoms with Crippen molar-refractivity contribution in [3.63, 3.8) is 0 Å². The number of rotatable bonds is 4. The quantitative estimate of drug-likeness (QED) is 0.791. The molecule has 1 atom stereocenters. The van der Waals surface area contributed by atoms with Gasteiger partial charge in [0.1, 0.15) is 5.75 Å². The smallest absolute Gasteiger partial charge is 0.227 e. The second-order valence-corrected chi connectivity index (χ2v) is 5.84. The van der Waals surface area contributed by atoms with Crippen molar-refractivity contribution in [2.45, 2.75) is 45.1 Å². The van der Waals surface area contributed by atoms with Crippen LogP contribution >= 0.6 is 0 Å². The van der Waals surface area contributed by atoms with Gasteiger partial charge in [-0.25, -0.2) is 0 Å². The van der Waals surface area contributed by atoms with Crippen LogP contribution in [0.4, 0.5) is 0 Å². The van der Waals surface area contributed by atoms with E-state index in [4.69, 9.17) is 5.73 Å². The molecule has 0 saturated heterocycles. The molecule has 1 aliphatic rings. The van der Waals surface area contributed by atoms with Crippen LogP contribution in [0.1, 0.15) is 50.6 Å². The fraction of sp³-hybridized carbons (Fsp3) is 0.562. The zero-order valence-corrected chi connectivity index (χ0v) is 12.1. The lowest BCUT2D eigenvalue weighted by Crippen LogP contribution is -2.47. The van der Waals surface area contributed by atoms with Crippen molar-refractivity contribution < 1.29 is 9.90 Å². The molecule has 110 valence electrons. The van der Waals surface area contributed by atoms with Gasteiger partial charge in [0, 0.05) is 6.54 Å². The fourth-order valence-electron chi connectivity index (χ4n) is 2.98. The summed E-state index contributed by atoms with van der Waals surface area (Å²) in [7, 11) is 0. The molecule has 0 bridgehead atoms. The molecule has 1 unspecified atom stereocenters. The standard InChI is InChI=1S/C16H24N2O2/c1-12(13-6-5-7-14(19)10-13)18-15(20)16(11-17)8-3-2-4-9-16/h5-7,10,12,19H,2-4,8-9,11,17H2,1H3,(H,18,20). The third-order valence-electron chi connectivity index (χ3n) is 4.40. The van der Waals surface area contributed by atoms with Crippen LogP contribution < -0.4 is 11.1 Å². The largest absolute Gasteiger partial charge is 0.508 e. The first kappa shape index (κ1) is 14.9. The molecule has 0 radical (unpaired) electrons. The summed E-state index contributed by atoms with van der Waals surface area (Å²) in [4.78, 5) is 12.6. The van der Waals surface area contributed by atoms with Crippen LogP contribution in [0, 0.1) is 5.41 Å². The average Bonchev–Trinajstić information content (AvgIpc) is 2.47. The minimum atomic E-state index is -0.399. The predicted octanol–water partition coefficient (Wildman–Crippen LogP) is 2.48. The van der Waals surface area contributed by atoms with Gasteiger partial charge in [-0.15, -0.1) is 0 Å². The number of nitrogens with two attached hydrogens (primary N) is 1. The van der Waals surface area contributed by atoms with E-state index in [-0.39, 0.29) is 17.7 Å². The summed E-state index contributed by atoms with van der Waals surface area (Å²) in [5, 5.41) is 12.6. The molecular formula is C16H24N2O2. The molecule has 0 aromatic heterocycles. The van der Waals surface area contributed by atoms with E-state index in [1.807, 2.05) is 13.0 Å². The lowest BCUT2D eigenvalue weighted by Gasteiger charge is -2.35. The van der Waals surface area contributed by atoms with Crippen molar-refractivity contribution in [1.29, 1.82) is 0 Å². The highest BCUT2D eigenvalue weighted by Gasteiger charge is 2.38. The molecule has 0 heterocycles. The maximum Gasteiger partial charge on any atom is 0.227 e. The van der Waals surface area contributed by atoms with Gasteiger partial charge < -0.3 is 16.2 Å². The number of aromatic hydroxyl groups is 1. The van der Waals surface area contributed by atoms with Gasteiger partial charge in [0.2, 0.25) is 5.91 Å². The molecule has 1 aliphatic carbocycles. The predicted molar refractivity (Wildman–Crippen MR) is 79.2 cm³/mol. The SMILES string of the molecule is CC(NC(=O)C1(CN)CCCCC1)c1cccc(O)c1. The van der Waals surface area contributed by atoms with Crippen molar-refractivity contribution in [2.24, 2.45) is 11.1 Å². The van der Waals surface area contributed by atoms with E-state index in [1.165, 1.54) is 6.42 Å². The highest BCUT2D eigenvalue weighted by molar-refractivity contribution is 5.83. The number of amides is 1. The normalized spacial score (nSPS) is 19.3. The first-order valence-corrected chi connectivity index (χ1v) is 7.37. The Morgan fingerprint density at radius 2 is 2.10 bits per heavy atom. The van der Waals surface area contributed by atoms with E-state index in [2.05, 4.69) is 5.32 Å². The maximum absolute atomic E-state index is 12.6. The summed E-state index contributed by atoms with van der Waals surface area (Å²) in [6, 6.07) is 6.87. The van der Waals surface area contributed by atoms with Crippen LogP contribution in [-0.4, -0.2) is 17.6 Å². The van der Waals surface area contributed by atoms with Crippen LogP contribution in [0.5, 0.6) is 5.75 Å². The Morgan fingerprint density at radius 1 is 1.40 bits per heavy atom. The molecule has 1 saturated carbocycles. The van der Waals surface area contributed by atoms with Crippen molar-refractivity contribution in [3.05, 3.63) is 29.8 Å². The number of nitrogens with one attached hydrogen (secondary N) is 1. The fourth-order valence-corrected chi connectivity index (χ4v) is 2.98. The topological polar surface area (TPSA) is 75.4 Å². The van der Waals surface area contributed by atoms with Crippen LogP contribution in [-0.2, 0) is 4.79 Å². The first-order valence-electron chi connectivity index (χ1n) is 7.37. The monoisotopic (exact) mass is 276 g/mol. The summed E-state index contributed by atoms with van der Waals surface area (Å²) in [5.74, 6) is 0.269. The number of benzene rings is 1. The Balaban J connectivity index is 2.06. The minimum absolute atomic E-state index is 0.0514. The second-order valence-electron chi connectivity index (χ2n) is 5.84. The van der Waals surface area contributed by atoms with E-state index in [1.54, 1.807) is 18.2 Å². The molecule has 1 fully saturated rings. The summed E-state index contributed by atoms with van der Waals surface area (Å²) >= 11 is 0. The summed E-state index contributed by atoms with van der Waals surface area (Å²) in [5.41, 5.74) is 6.38. The van der Waals surface area contributed by atoms with Gasteiger partial charge in [-0.3, -0.25) is 4.79 Å². The molecular weight excluding hydrogens is 252 g/mol. The van der Waals surface area contributed by atoms with E-state index in [0.717, 1.165) is 31.2 Å². The van der Waals surface area contributed by atoms with E-state index < -0.39 is 5.41 Å². The number of hydrogen-bond donors (Lipinski definition) is 3. The molecule has 4 nitrogen and oxygen atoms in total. The zero-order chi connectivity index (χ0) is 14.6. The van der Waals surface area contributed by atoms with Gasteiger partial charge in [0.05, 0.1) is 11.5 Å².